The van der Waals surface area contributed by atoms with E-state index >= 15 is 0 Å². The van der Waals surface area contributed by atoms with Crippen LogP contribution in [-0.4, -0.2) is 28.4 Å². The van der Waals surface area contributed by atoms with Crippen molar-refractivity contribution in [2.24, 2.45) is 5.10 Å². The molecular weight excluding hydrogens is 762 g/mol. The number of amides is 1. The van der Waals surface area contributed by atoms with Gasteiger partial charge in [0.1, 0.15) is 11.6 Å². The Morgan fingerprint density at radius 2 is 1.81 bits per heavy atom. The van der Waals surface area contributed by atoms with E-state index < -0.39 is 0 Å². The van der Waals surface area contributed by atoms with E-state index in [1.54, 1.807) is 12.3 Å². The van der Waals surface area contributed by atoms with Crippen molar-refractivity contribution in [1.29, 1.82) is 0 Å². The molecule has 0 saturated heterocycles. The first kappa shape index (κ1) is 27.7. The van der Waals surface area contributed by atoms with Crippen LogP contribution in [0.1, 0.15) is 36.7 Å². The molecule has 3 aromatic carbocycles. The lowest BCUT2D eigenvalue weighted by molar-refractivity contribution is -0.118. The Bertz CT molecular complexity index is 1540. The highest BCUT2D eigenvalue weighted by Gasteiger charge is 2.15. The second-order valence-electron chi connectivity index (χ2n) is 8.66. The molecule has 7 nitrogen and oxygen atoms in total. The topological polar surface area (TPSA) is 85.6 Å². The minimum Gasteiger partial charge on any atom is -0.482 e. The van der Waals surface area contributed by atoms with Gasteiger partial charge in [-0.15, -0.1) is 0 Å². The smallest absolute Gasteiger partial charge is 0.282 e. The number of ether oxygens (including phenoxy) is 1. The van der Waals surface area contributed by atoms with E-state index in [0.717, 1.165) is 28.4 Å². The summed E-state index contributed by atoms with van der Waals surface area (Å²) in [6.45, 7) is 5.84. The third-order valence-electron chi connectivity index (χ3n) is 5.38. The Hall–Kier alpha value is -2.32. The summed E-state index contributed by atoms with van der Waals surface area (Å²) in [5.41, 5.74) is 3.05. The standard InChI is InChI=1S/C27H23BrI2N4O3/c1-15(2)26-33-23-9-6-18(28)12-20(23)27(36)34(26)31-13-17-10-21(29)25(22(30)11-17)37-14-24(35)32-19-7-4-16(3)5-8-19/h4-13,15H,14H2,1-3H3,(H,32,35). The minimum atomic E-state index is -0.239. The highest BCUT2D eigenvalue weighted by Crippen LogP contribution is 2.29. The molecule has 1 amide bonds. The molecule has 0 atom stereocenters. The molecule has 4 aromatic rings. The summed E-state index contributed by atoms with van der Waals surface area (Å²) in [4.78, 5) is 30.3. The number of benzene rings is 3. The molecule has 0 radical (unpaired) electrons. The predicted molar refractivity (Wildman–Crippen MR) is 168 cm³/mol. The number of hydrogen-bond acceptors (Lipinski definition) is 5. The zero-order chi connectivity index (χ0) is 26.7. The molecule has 0 fully saturated rings. The zero-order valence-electron chi connectivity index (χ0n) is 20.3. The van der Waals surface area contributed by atoms with E-state index in [1.807, 2.05) is 69.3 Å². The SMILES string of the molecule is Cc1ccc(NC(=O)COc2c(I)cc(C=Nn3c(C(C)C)nc4ccc(Br)cc4c3=O)cc2I)cc1. The summed E-state index contributed by atoms with van der Waals surface area (Å²) in [7, 11) is 0. The summed E-state index contributed by atoms with van der Waals surface area (Å²) in [6, 6.07) is 16.8. The number of halogens is 3. The molecule has 0 saturated carbocycles. The number of aromatic nitrogens is 2. The van der Waals surface area contributed by atoms with Gasteiger partial charge >= 0.3 is 0 Å². The van der Waals surface area contributed by atoms with Crippen molar-refractivity contribution < 1.29 is 9.53 Å². The van der Waals surface area contributed by atoms with Crippen LogP contribution < -0.4 is 15.6 Å². The highest BCUT2D eigenvalue weighted by atomic mass is 127. The van der Waals surface area contributed by atoms with Crippen LogP contribution >= 0.6 is 61.1 Å². The predicted octanol–water partition coefficient (Wildman–Crippen LogP) is 6.70. The van der Waals surface area contributed by atoms with E-state index in [9.17, 15) is 9.59 Å². The molecule has 0 unspecified atom stereocenters. The Labute approximate surface area is 250 Å². The fourth-order valence-electron chi connectivity index (χ4n) is 3.54. The zero-order valence-corrected chi connectivity index (χ0v) is 26.2. The second kappa shape index (κ2) is 12.0. The normalized spacial score (nSPS) is 11.4. The van der Waals surface area contributed by atoms with Crippen LogP contribution in [0.4, 0.5) is 5.69 Å². The van der Waals surface area contributed by atoms with E-state index in [1.165, 1.54) is 4.68 Å². The van der Waals surface area contributed by atoms with Gasteiger partial charge in [0, 0.05) is 16.1 Å². The molecule has 1 N–H and O–H groups in total. The lowest BCUT2D eigenvalue weighted by atomic mass is 10.2. The fourth-order valence-corrected chi connectivity index (χ4v) is 6.03. The van der Waals surface area contributed by atoms with Gasteiger partial charge in [-0.25, -0.2) is 4.98 Å². The van der Waals surface area contributed by atoms with Gasteiger partial charge in [-0.2, -0.15) is 9.78 Å². The molecule has 0 aliphatic heterocycles. The van der Waals surface area contributed by atoms with E-state index in [2.05, 4.69) is 76.5 Å². The van der Waals surface area contributed by atoms with E-state index in [4.69, 9.17) is 4.74 Å². The van der Waals surface area contributed by atoms with Crippen LogP contribution in [0.5, 0.6) is 5.75 Å². The first-order chi connectivity index (χ1) is 17.6. The van der Waals surface area contributed by atoms with Crippen molar-refractivity contribution in [3.8, 4) is 5.75 Å². The third kappa shape index (κ3) is 6.77. The maximum absolute atomic E-state index is 13.2. The lowest BCUT2D eigenvalue weighted by Crippen LogP contribution is -2.23. The first-order valence-corrected chi connectivity index (χ1v) is 14.3. The van der Waals surface area contributed by atoms with Crippen molar-refractivity contribution in [3.63, 3.8) is 0 Å². The molecule has 1 heterocycles. The largest absolute Gasteiger partial charge is 0.482 e. The van der Waals surface area contributed by atoms with Gasteiger partial charge < -0.3 is 10.1 Å². The number of nitrogens with one attached hydrogen (secondary N) is 1. The highest BCUT2D eigenvalue weighted by molar-refractivity contribution is 14.1. The number of rotatable bonds is 7. The summed E-state index contributed by atoms with van der Waals surface area (Å²) in [6.07, 6.45) is 1.64. The van der Waals surface area contributed by atoms with Crippen molar-refractivity contribution in [1.82, 2.24) is 9.66 Å². The van der Waals surface area contributed by atoms with Crippen LogP contribution in [0.15, 0.2) is 69.0 Å². The van der Waals surface area contributed by atoms with Gasteiger partial charge in [0.05, 0.1) is 24.3 Å². The molecule has 0 spiro atoms. The molecular formula is C27H23BrI2N4O3. The number of carbonyl (C=O) groups excluding carboxylic acids is 1. The van der Waals surface area contributed by atoms with Crippen molar-refractivity contribution in [3.05, 3.63) is 93.5 Å². The van der Waals surface area contributed by atoms with Crippen molar-refractivity contribution in [2.45, 2.75) is 26.7 Å². The van der Waals surface area contributed by atoms with Crippen LogP contribution in [0.3, 0.4) is 0 Å². The Balaban J connectivity index is 1.55. The minimum absolute atomic E-state index is 0.000000889. The Morgan fingerprint density at radius 3 is 2.46 bits per heavy atom. The molecule has 0 aliphatic rings. The average Bonchev–Trinajstić information content (AvgIpc) is 2.84. The maximum Gasteiger partial charge on any atom is 0.282 e. The van der Waals surface area contributed by atoms with Gasteiger partial charge in [-0.3, -0.25) is 9.59 Å². The summed E-state index contributed by atoms with van der Waals surface area (Å²) < 4.78 is 9.65. The van der Waals surface area contributed by atoms with Crippen molar-refractivity contribution >= 4 is 89.8 Å². The Morgan fingerprint density at radius 1 is 1.14 bits per heavy atom. The molecule has 4 rings (SSSR count). The first-order valence-electron chi connectivity index (χ1n) is 11.4. The second-order valence-corrected chi connectivity index (χ2v) is 11.9. The molecule has 1 aromatic heterocycles. The summed E-state index contributed by atoms with van der Waals surface area (Å²) in [5, 5.41) is 7.83. The number of hydrogen-bond donors (Lipinski definition) is 1. The van der Waals surface area contributed by atoms with Gasteiger partial charge in [0.25, 0.3) is 11.5 Å². The van der Waals surface area contributed by atoms with Gasteiger partial charge in [-0.05, 0) is 100 Å². The fraction of sp³-hybridized carbons (Fsp3) is 0.185. The quantitative estimate of drug-likeness (QED) is 0.167. The van der Waals surface area contributed by atoms with Crippen LogP contribution in [0.25, 0.3) is 10.9 Å². The lowest BCUT2D eigenvalue weighted by Gasteiger charge is -2.13. The summed E-state index contributed by atoms with van der Waals surface area (Å²) in [5.74, 6) is 0.965. The monoisotopic (exact) mass is 784 g/mol. The molecule has 0 bridgehead atoms. The van der Waals surface area contributed by atoms with Crippen LogP contribution in [-0.2, 0) is 4.79 Å². The number of aryl methyl sites for hydroxylation is 1. The number of carbonyl (C=O) groups is 1. The number of anilines is 1. The third-order valence-corrected chi connectivity index (χ3v) is 7.47. The van der Waals surface area contributed by atoms with Gasteiger partial charge in [0.2, 0.25) is 0 Å². The molecule has 10 heteroatoms. The molecule has 0 aliphatic carbocycles. The van der Waals surface area contributed by atoms with Crippen molar-refractivity contribution in [2.75, 3.05) is 11.9 Å². The maximum atomic E-state index is 13.2. The number of nitrogens with zero attached hydrogens (tertiary/aromatic N) is 3. The van der Waals surface area contributed by atoms with Crippen LogP contribution in [0, 0.1) is 14.1 Å². The average molecular weight is 785 g/mol. The molecule has 37 heavy (non-hydrogen) atoms. The van der Waals surface area contributed by atoms with Gasteiger partial charge in [-0.1, -0.05) is 47.5 Å². The van der Waals surface area contributed by atoms with E-state index in [0.29, 0.717) is 22.5 Å². The van der Waals surface area contributed by atoms with Crippen LogP contribution in [0.2, 0.25) is 0 Å². The van der Waals surface area contributed by atoms with Gasteiger partial charge in [0.15, 0.2) is 6.61 Å². The van der Waals surface area contributed by atoms with E-state index in [-0.39, 0.29) is 24.0 Å². The molecule has 190 valence electrons. The number of fused-ring (bicyclic) bond motifs is 1. The summed E-state index contributed by atoms with van der Waals surface area (Å²) >= 11 is 7.76. The Kier molecular flexibility index (Phi) is 9.01.